The summed E-state index contributed by atoms with van der Waals surface area (Å²) in [5, 5.41) is 28.1. The van der Waals surface area contributed by atoms with E-state index in [1.165, 1.54) is 0 Å². The molecule has 0 bridgehead atoms. The van der Waals surface area contributed by atoms with Gasteiger partial charge in [0, 0.05) is 62.4 Å². The van der Waals surface area contributed by atoms with Crippen molar-refractivity contribution < 1.29 is 38.9 Å². The number of aliphatic hydroxyl groups excluding tert-OH is 2. The van der Waals surface area contributed by atoms with Crippen molar-refractivity contribution >= 4 is 45.4 Å². The normalized spacial score (nSPS) is 15.2. The lowest BCUT2D eigenvalue weighted by Crippen LogP contribution is -2.19. The van der Waals surface area contributed by atoms with Gasteiger partial charge in [0.05, 0.1) is 48.5 Å². The molecule has 18 nitrogen and oxygen atoms in total. The first-order valence-electron chi connectivity index (χ1n) is 20.7. The molecule has 322 valence electrons. The Morgan fingerprint density at radius 3 is 1.44 bits per heavy atom. The van der Waals surface area contributed by atoms with Crippen molar-refractivity contribution in [3.05, 3.63) is 81.9 Å². The Kier molecular flexibility index (Phi) is 12.7. The van der Waals surface area contributed by atoms with Gasteiger partial charge in [-0.15, -0.1) is 0 Å². The number of aromatic nitrogens is 8. The molecule has 7 rings (SSSR count). The van der Waals surface area contributed by atoms with Gasteiger partial charge < -0.3 is 40.3 Å². The van der Waals surface area contributed by atoms with Crippen LogP contribution in [0.1, 0.15) is 123 Å². The van der Waals surface area contributed by atoms with Gasteiger partial charge >= 0.3 is 0 Å². The maximum Gasteiger partial charge on any atom is 0.248 e. The zero-order valence-corrected chi connectivity index (χ0v) is 34.9. The molecule has 0 saturated heterocycles. The van der Waals surface area contributed by atoms with Crippen LogP contribution in [-0.4, -0.2) is 98.7 Å². The number of aryl methyl sites for hydroxylation is 4. The Morgan fingerprint density at radius 2 is 1.08 bits per heavy atom. The Balaban J connectivity index is 1.37. The van der Waals surface area contributed by atoms with Gasteiger partial charge in [-0.2, -0.15) is 10.2 Å². The molecule has 18 heteroatoms. The van der Waals surface area contributed by atoms with Crippen LogP contribution < -0.4 is 20.9 Å². The summed E-state index contributed by atoms with van der Waals surface area (Å²) in [5.74, 6) is -0.148. The second kappa shape index (κ2) is 18.1. The van der Waals surface area contributed by atoms with E-state index in [2.05, 4.69) is 10.2 Å². The number of aliphatic hydroxyl groups is 2. The molecule has 1 aliphatic carbocycles. The SMILES string of the molecule is CCn1nc(C)cc1C(=O)Cc1nc2cc(C(N)=O)cc(OCCCO)c2n1C1CCC(n2c(CC(=O)c3cc(C)nn3CC)nc3cc(C(N)=O)cc(OCCCO)c32)C1. The zero-order chi connectivity index (χ0) is 43.5. The predicted molar refractivity (Wildman–Crippen MR) is 224 cm³/mol. The summed E-state index contributed by atoms with van der Waals surface area (Å²) < 4.78 is 19.8. The van der Waals surface area contributed by atoms with Gasteiger partial charge in [-0.3, -0.25) is 28.5 Å². The molecule has 2 atom stereocenters. The van der Waals surface area contributed by atoms with Gasteiger partial charge in [0.1, 0.15) is 45.6 Å². The highest BCUT2D eigenvalue weighted by molar-refractivity contribution is 6.01. The van der Waals surface area contributed by atoms with Gasteiger partial charge in [0.25, 0.3) is 0 Å². The fourth-order valence-electron chi connectivity index (χ4n) is 8.41. The average Bonchev–Trinajstić information content (AvgIpc) is 4.06. The van der Waals surface area contributed by atoms with Crippen LogP contribution in [0.25, 0.3) is 22.1 Å². The monoisotopic (exact) mass is 836 g/mol. The smallest absolute Gasteiger partial charge is 0.248 e. The molecule has 1 aliphatic rings. The quantitative estimate of drug-likeness (QED) is 0.0630. The first-order valence-corrected chi connectivity index (χ1v) is 20.7. The average molecular weight is 837 g/mol. The highest BCUT2D eigenvalue weighted by Crippen LogP contribution is 2.45. The van der Waals surface area contributed by atoms with Gasteiger partial charge in [0.15, 0.2) is 11.6 Å². The fraction of sp³-hybridized carbons (Fsp3) is 0.442. The molecular formula is C43H52N10O8. The van der Waals surface area contributed by atoms with Crippen molar-refractivity contribution in [2.45, 2.75) is 97.8 Å². The summed E-state index contributed by atoms with van der Waals surface area (Å²) in [6, 6.07) is 9.28. The number of benzene rings is 2. The van der Waals surface area contributed by atoms with Crippen LogP contribution in [-0.2, 0) is 25.9 Å². The molecule has 6 N–H and O–H groups in total. The van der Waals surface area contributed by atoms with E-state index in [9.17, 15) is 29.4 Å². The van der Waals surface area contributed by atoms with E-state index in [4.69, 9.17) is 30.9 Å². The predicted octanol–water partition coefficient (Wildman–Crippen LogP) is 3.97. The molecule has 2 aromatic carbocycles. The topological polar surface area (TPSA) is 251 Å². The number of hydrogen-bond donors (Lipinski definition) is 4. The van der Waals surface area contributed by atoms with Crippen LogP contribution in [0.5, 0.6) is 11.5 Å². The highest BCUT2D eigenvalue weighted by atomic mass is 16.5. The lowest BCUT2D eigenvalue weighted by atomic mass is 10.1. The number of nitrogens with two attached hydrogens (primary N) is 2. The molecule has 6 aromatic rings. The molecule has 2 unspecified atom stereocenters. The van der Waals surface area contributed by atoms with Crippen LogP contribution in [0.3, 0.4) is 0 Å². The lowest BCUT2D eigenvalue weighted by molar-refractivity contribution is 0.0971. The minimum absolute atomic E-state index is 0.0833. The number of rotatable bonds is 20. The Hall–Kier alpha value is -6.40. The lowest BCUT2D eigenvalue weighted by Gasteiger charge is -2.21. The number of carbonyl (C=O) groups excluding carboxylic acids is 4. The van der Waals surface area contributed by atoms with E-state index in [1.807, 2.05) is 36.8 Å². The molecule has 4 heterocycles. The second-order valence-electron chi connectivity index (χ2n) is 15.4. The van der Waals surface area contributed by atoms with Crippen LogP contribution in [0.2, 0.25) is 0 Å². The highest BCUT2D eigenvalue weighted by Gasteiger charge is 2.35. The number of primary amides is 2. The van der Waals surface area contributed by atoms with Crippen LogP contribution in [0, 0.1) is 13.8 Å². The van der Waals surface area contributed by atoms with E-state index in [0.29, 0.717) is 113 Å². The number of carbonyl (C=O) groups is 4. The molecule has 1 saturated carbocycles. The Bertz CT molecular complexity index is 2460. The number of ketones is 2. The first kappa shape index (κ1) is 42.7. The number of Topliss-reactive ketones (excluding diaryl/α,β-unsaturated/α-hetero) is 2. The zero-order valence-electron chi connectivity index (χ0n) is 34.9. The summed E-state index contributed by atoms with van der Waals surface area (Å²) in [4.78, 5) is 63.2. The second-order valence-corrected chi connectivity index (χ2v) is 15.4. The van der Waals surface area contributed by atoms with Crippen LogP contribution in [0.4, 0.5) is 0 Å². The molecule has 4 aromatic heterocycles. The Labute approximate surface area is 351 Å². The third kappa shape index (κ3) is 8.63. The van der Waals surface area contributed by atoms with Crippen molar-refractivity contribution in [3.63, 3.8) is 0 Å². The molecule has 0 aliphatic heterocycles. The van der Waals surface area contributed by atoms with Crippen molar-refractivity contribution in [2.24, 2.45) is 11.5 Å². The number of hydrogen-bond acceptors (Lipinski definition) is 12. The van der Waals surface area contributed by atoms with Gasteiger partial charge in [0.2, 0.25) is 11.8 Å². The van der Waals surface area contributed by atoms with E-state index in [0.717, 1.165) is 0 Å². The molecule has 0 radical (unpaired) electrons. The van der Waals surface area contributed by atoms with Crippen LogP contribution in [0.15, 0.2) is 36.4 Å². The molecule has 0 spiro atoms. The van der Waals surface area contributed by atoms with E-state index < -0.39 is 11.8 Å². The molecular weight excluding hydrogens is 785 g/mol. The number of imidazole rings is 2. The Morgan fingerprint density at radius 1 is 0.672 bits per heavy atom. The number of ether oxygens (including phenoxy) is 2. The van der Waals surface area contributed by atoms with E-state index in [-0.39, 0.29) is 74.0 Å². The third-order valence-electron chi connectivity index (χ3n) is 11.1. The minimum atomic E-state index is -0.674. The van der Waals surface area contributed by atoms with Crippen molar-refractivity contribution in [1.82, 2.24) is 38.7 Å². The van der Waals surface area contributed by atoms with Gasteiger partial charge in [-0.1, -0.05) is 0 Å². The molecule has 2 amide bonds. The fourth-order valence-corrected chi connectivity index (χ4v) is 8.41. The van der Waals surface area contributed by atoms with Gasteiger partial charge in [-0.25, -0.2) is 9.97 Å². The van der Waals surface area contributed by atoms with Crippen molar-refractivity contribution in [1.29, 1.82) is 0 Å². The minimum Gasteiger partial charge on any atom is -0.491 e. The number of nitrogens with zero attached hydrogens (tertiary/aromatic N) is 8. The summed E-state index contributed by atoms with van der Waals surface area (Å²) >= 11 is 0. The molecule has 1 fully saturated rings. The summed E-state index contributed by atoms with van der Waals surface area (Å²) in [5.41, 5.74) is 16.2. The van der Waals surface area contributed by atoms with Crippen molar-refractivity contribution in [2.75, 3.05) is 26.4 Å². The third-order valence-corrected chi connectivity index (χ3v) is 11.1. The first-order chi connectivity index (χ1) is 29.3. The van der Waals surface area contributed by atoms with Crippen molar-refractivity contribution in [3.8, 4) is 11.5 Å². The van der Waals surface area contributed by atoms with E-state index in [1.54, 1.807) is 45.8 Å². The standard InChI is InChI=1S/C43H52N10O8/c1-5-50-32(15-24(3)48-50)34(56)22-38-46-30-17-26(42(44)58)19-36(60-13-7-11-54)40(30)52(38)28-9-10-29(21-28)53-39(23-35(57)33-16-25(4)49-51(33)6-2)47-31-18-27(43(45)59)20-37(41(31)53)61-14-8-12-55/h15-20,28-29,54-55H,5-14,21-23H2,1-4H3,(H2,44,58)(H2,45,59). The number of fused-ring (bicyclic) bond motifs is 2. The maximum atomic E-state index is 14.1. The summed E-state index contributed by atoms with van der Waals surface area (Å²) in [6.45, 7) is 8.57. The maximum absolute atomic E-state index is 14.1. The summed E-state index contributed by atoms with van der Waals surface area (Å²) in [7, 11) is 0. The van der Waals surface area contributed by atoms with Crippen LogP contribution >= 0.6 is 0 Å². The largest absolute Gasteiger partial charge is 0.491 e. The number of amides is 2. The summed E-state index contributed by atoms with van der Waals surface area (Å²) in [6.07, 6.45) is 2.19. The molecule has 61 heavy (non-hydrogen) atoms. The van der Waals surface area contributed by atoms with Gasteiger partial charge in [-0.05, 0) is 83.4 Å². The van der Waals surface area contributed by atoms with E-state index >= 15 is 0 Å².